The summed E-state index contributed by atoms with van der Waals surface area (Å²) in [6, 6.07) is 15.8. The maximum Gasteiger partial charge on any atom is 0.258 e. The molecule has 3 heterocycles. The first-order valence-corrected chi connectivity index (χ1v) is 9.12. The fourth-order valence-electron chi connectivity index (χ4n) is 3.80. The lowest BCUT2D eigenvalue weighted by Gasteiger charge is -2.15. The number of hydrogen-bond acceptors (Lipinski definition) is 4. The Kier molecular flexibility index (Phi) is 3.67. The van der Waals surface area contributed by atoms with Gasteiger partial charge in [-0.15, -0.1) is 0 Å². The molecule has 0 spiro atoms. The largest absolute Gasteiger partial charge is 0.322 e. The zero-order chi connectivity index (χ0) is 20.1. The van der Waals surface area contributed by atoms with Gasteiger partial charge in [-0.3, -0.25) is 19.4 Å². The molecular formula is C23H15N3O3. The Labute approximate surface area is 165 Å². The molecule has 0 bridgehead atoms. The van der Waals surface area contributed by atoms with Crippen molar-refractivity contribution in [2.24, 2.45) is 0 Å². The molecule has 1 aliphatic carbocycles. The molecule has 0 radical (unpaired) electrons. The third-order valence-electron chi connectivity index (χ3n) is 5.17. The Morgan fingerprint density at radius 2 is 1.76 bits per heavy atom. The van der Waals surface area contributed by atoms with Crippen molar-refractivity contribution in [3.8, 4) is 0 Å². The molecule has 0 unspecified atom stereocenters. The number of aryl methyl sites for hydroxylation is 1. The van der Waals surface area contributed by atoms with Crippen LogP contribution < -0.4 is 5.32 Å². The van der Waals surface area contributed by atoms with Crippen LogP contribution in [0.1, 0.15) is 48.0 Å². The highest BCUT2D eigenvalue weighted by Gasteiger charge is 2.38. The van der Waals surface area contributed by atoms with Crippen molar-refractivity contribution in [1.82, 2.24) is 9.38 Å². The number of benzene rings is 1. The number of fused-ring (bicyclic) bond motifs is 4. The zero-order valence-electron chi connectivity index (χ0n) is 15.5. The predicted octanol–water partition coefficient (Wildman–Crippen LogP) is 3.67. The van der Waals surface area contributed by atoms with Crippen LogP contribution in [0.15, 0.2) is 67.0 Å². The van der Waals surface area contributed by atoms with Crippen molar-refractivity contribution in [3.63, 3.8) is 0 Å². The number of pyridine rings is 2. The van der Waals surface area contributed by atoms with Gasteiger partial charge in [0.05, 0.1) is 22.2 Å². The van der Waals surface area contributed by atoms with Gasteiger partial charge in [0.2, 0.25) is 5.78 Å². The number of ketones is 2. The van der Waals surface area contributed by atoms with Crippen molar-refractivity contribution in [3.05, 3.63) is 101 Å². The maximum absolute atomic E-state index is 13.3. The highest BCUT2D eigenvalue weighted by Crippen LogP contribution is 2.33. The second kappa shape index (κ2) is 6.24. The van der Waals surface area contributed by atoms with Crippen LogP contribution in [0, 0.1) is 6.92 Å². The zero-order valence-corrected chi connectivity index (χ0v) is 15.5. The van der Waals surface area contributed by atoms with Crippen molar-refractivity contribution < 1.29 is 14.4 Å². The first-order chi connectivity index (χ1) is 14.1. The molecule has 0 fully saturated rings. The lowest BCUT2D eigenvalue weighted by molar-refractivity contribution is 0.0965. The number of carbonyl (C=O) groups excluding carboxylic acids is 3. The topological polar surface area (TPSA) is 80.5 Å². The maximum atomic E-state index is 13.3. The summed E-state index contributed by atoms with van der Waals surface area (Å²) in [4.78, 5) is 43.8. The summed E-state index contributed by atoms with van der Waals surface area (Å²) in [5.74, 6) is -1.18. The lowest BCUT2D eigenvalue weighted by Crippen LogP contribution is -2.25. The van der Waals surface area contributed by atoms with Gasteiger partial charge >= 0.3 is 0 Å². The number of amides is 1. The van der Waals surface area contributed by atoms with E-state index >= 15 is 0 Å². The normalized spacial score (nSPS) is 12.6. The van der Waals surface area contributed by atoms with Gasteiger partial charge in [-0.25, -0.2) is 0 Å². The molecular weight excluding hydrogens is 366 g/mol. The van der Waals surface area contributed by atoms with Crippen LogP contribution in [0.25, 0.3) is 5.52 Å². The second-order valence-electron chi connectivity index (χ2n) is 6.88. The minimum atomic E-state index is -0.433. The highest BCUT2D eigenvalue weighted by atomic mass is 16.2. The van der Waals surface area contributed by atoms with Gasteiger partial charge in [-0.05, 0) is 42.8 Å². The third kappa shape index (κ3) is 2.42. The van der Waals surface area contributed by atoms with Crippen LogP contribution in [0.2, 0.25) is 0 Å². The number of nitrogens with one attached hydrogen (secondary N) is 1. The fourth-order valence-corrected chi connectivity index (χ4v) is 3.80. The minimum absolute atomic E-state index is 0.110. The molecule has 0 saturated carbocycles. The van der Waals surface area contributed by atoms with Gasteiger partial charge in [0.15, 0.2) is 5.78 Å². The monoisotopic (exact) mass is 381 g/mol. The highest BCUT2D eigenvalue weighted by molar-refractivity contribution is 6.32. The van der Waals surface area contributed by atoms with Crippen LogP contribution in [0.4, 0.5) is 5.69 Å². The van der Waals surface area contributed by atoms with E-state index in [0.717, 1.165) is 5.56 Å². The fraction of sp³-hybridized carbons (Fsp3) is 0.0435. The van der Waals surface area contributed by atoms with E-state index in [9.17, 15) is 14.4 Å². The SMILES string of the molecule is Cc1ccccc1NC(=O)c1c2c(n3ccccc13)C(=O)c1ncccc1C2=O. The molecule has 3 aromatic heterocycles. The molecule has 6 nitrogen and oxygen atoms in total. The van der Waals surface area contributed by atoms with Crippen LogP contribution >= 0.6 is 0 Å². The number of hydrogen-bond donors (Lipinski definition) is 1. The van der Waals surface area contributed by atoms with E-state index in [0.29, 0.717) is 11.2 Å². The number of anilines is 1. The molecule has 140 valence electrons. The van der Waals surface area contributed by atoms with Crippen LogP contribution in [0.3, 0.4) is 0 Å². The number of para-hydroxylation sites is 1. The predicted molar refractivity (Wildman–Crippen MR) is 108 cm³/mol. The Hall–Kier alpha value is -4.06. The lowest BCUT2D eigenvalue weighted by atomic mass is 9.89. The number of rotatable bonds is 2. The minimum Gasteiger partial charge on any atom is -0.322 e. The molecule has 1 N–H and O–H groups in total. The molecule has 0 aliphatic heterocycles. The van der Waals surface area contributed by atoms with Gasteiger partial charge in [-0.2, -0.15) is 0 Å². The van der Waals surface area contributed by atoms with Gasteiger partial charge in [0.25, 0.3) is 5.91 Å². The number of nitrogens with zero attached hydrogens (tertiary/aromatic N) is 2. The number of aromatic nitrogens is 2. The second-order valence-corrected chi connectivity index (χ2v) is 6.88. The quantitative estimate of drug-likeness (QED) is 0.506. The van der Waals surface area contributed by atoms with E-state index in [1.807, 2.05) is 25.1 Å². The standard InChI is InChI=1S/C23H15N3O3/c1-13-7-2-3-9-15(13)25-23(29)17-16-10-4-5-12-26(16)20-18(17)21(27)14-8-6-11-24-19(14)22(20)28/h2-12H,1H3,(H,25,29). The summed E-state index contributed by atoms with van der Waals surface area (Å²) in [7, 11) is 0. The van der Waals surface area contributed by atoms with Crippen molar-refractivity contribution in [2.45, 2.75) is 6.92 Å². The first-order valence-electron chi connectivity index (χ1n) is 9.12. The summed E-state index contributed by atoms with van der Waals surface area (Å²) in [6.07, 6.45) is 3.16. The third-order valence-corrected chi connectivity index (χ3v) is 5.17. The van der Waals surface area contributed by atoms with Crippen LogP contribution in [-0.4, -0.2) is 26.9 Å². The van der Waals surface area contributed by atoms with Gasteiger partial charge in [0, 0.05) is 18.1 Å². The molecule has 5 rings (SSSR count). The Bertz CT molecular complexity index is 1350. The molecule has 0 saturated heterocycles. The van der Waals surface area contributed by atoms with E-state index in [-0.39, 0.29) is 39.6 Å². The van der Waals surface area contributed by atoms with Crippen molar-refractivity contribution in [2.75, 3.05) is 5.32 Å². The smallest absolute Gasteiger partial charge is 0.258 e. The van der Waals surface area contributed by atoms with Crippen molar-refractivity contribution >= 4 is 28.7 Å². The summed E-state index contributed by atoms with van der Waals surface area (Å²) in [5.41, 5.74) is 2.85. The molecule has 0 atom stereocenters. The molecule has 29 heavy (non-hydrogen) atoms. The van der Waals surface area contributed by atoms with E-state index in [4.69, 9.17) is 0 Å². The Morgan fingerprint density at radius 1 is 0.966 bits per heavy atom. The van der Waals surface area contributed by atoms with E-state index in [2.05, 4.69) is 10.3 Å². The molecule has 1 amide bonds. The molecule has 4 aromatic rings. The van der Waals surface area contributed by atoms with E-state index in [1.165, 1.54) is 6.20 Å². The summed E-state index contributed by atoms with van der Waals surface area (Å²) in [6.45, 7) is 1.89. The average Bonchev–Trinajstić information content (AvgIpc) is 3.09. The molecule has 1 aliphatic rings. The van der Waals surface area contributed by atoms with Crippen LogP contribution in [0.5, 0.6) is 0 Å². The summed E-state index contributed by atoms with van der Waals surface area (Å²) < 4.78 is 1.60. The Balaban J connectivity index is 1.76. The number of carbonyl (C=O) groups is 3. The van der Waals surface area contributed by atoms with E-state index < -0.39 is 5.91 Å². The first kappa shape index (κ1) is 17.1. The van der Waals surface area contributed by atoms with Crippen molar-refractivity contribution in [1.29, 1.82) is 0 Å². The summed E-state index contributed by atoms with van der Waals surface area (Å²) in [5, 5.41) is 2.88. The van der Waals surface area contributed by atoms with Gasteiger partial charge in [0.1, 0.15) is 11.4 Å². The van der Waals surface area contributed by atoms with Crippen LogP contribution in [-0.2, 0) is 0 Å². The molecule has 6 heteroatoms. The van der Waals surface area contributed by atoms with Gasteiger partial charge in [-0.1, -0.05) is 24.3 Å². The molecule has 1 aromatic carbocycles. The summed E-state index contributed by atoms with van der Waals surface area (Å²) >= 11 is 0. The Morgan fingerprint density at radius 3 is 2.59 bits per heavy atom. The average molecular weight is 381 g/mol. The van der Waals surface area contributed by atoms with Gasteiger partial charge < -0.3 is 9.72 Å². The van der Waals surface area contributed by atoms with E-state index in [1.54, 1.807) is 47.0 Å².